The summed E-state index contributed by atoms with van der Waals surface area (Å²) in [7, 11) is 1.86. The molecule has 2 N–H and O–H groups in total. The largest absolute Gasteiger partial charge is 0.356 e. The molecule has 2 aliphatic carbocycles. The van der Waals surface area contributed by atoms with E-state index in [1.807, 2.05) is 7.05 Å². The second kappa shape index (κ2) is 7.77. The van der Waals surface area contributed by atoms with Crippen LogP contribution in [0.1, 0.15) is 36.3 Å². The molecule has 4 rings (SSSR count). The lowest BCUT2D eigenvalue weighted by Gasteiger charge is -2.19. The average Bonchev–Trinajstić information content (AvgIpc) is 3.56. The Morgan fingerprint density at radius 2 is 1.68 bits per heavy atom. The second-order valence-electron chi connectivity index (χ2n) is 7.08. The van der Waals surface area contributed by atoms with Crippen LogP contribution >= 0.6 is 24.0 Å². The molecule has 2 fully saturated rings. The Morgan fingerprint density at radius 3 is 2.28 bits per heavy atom. The van der Waals surface area contributed by atoms with Crippen molar-refractivity contribution in [1.29, 1.82) is 0 Å². The van der Waals surface area contributed by atoms with Gasteiger partial charge in [-0.25, -0.2) is 0 Å². The van der Waals surface area contributed by atoms with Crippen molar-refractivity contribution in [3.8, 4) is 0 Å². The molecule has 0 spiro atoms. The highest BCUT2D eigenvalue weighted by Gasteiger charge is 2.44. The molecule has 132 valence electrons. The van der Waals surface area contributed by atoms with E-state index in [0.717, 1.165) is 12.5 Å². The molecular formula is C21H26IN3. The van der Waals surface area contributed by atoms with E-state index in [1.54, 1.807) is 0 Å². The number of benzene rings is 2. The average molecular weight is 447 g/mol. The van der Waals surface area contributed by atoms with Gasteiger partial charge in [0.1, 0.15) is 0 Å². The van der Waals surface area contributed by atoms with Gasteiger partial charge < -0.3 is 10.6 Å². The van der Waals surface area contributed by atoms with Gasteiger partial charge in [0.2, 0.25) is 0 Å². The van der Waals surface area contributed by atoms with Crippen LogP contribution in [0.3, 0.4) is 0 Å². The summed E-state index contributed by atoms with van der Waals surface area (Å²) in [5, 5.41) is 7.13. The van der Waals surface area contributed by atoms with Gasteiger partial charge in [-0.2, -0.15) is 0 Å². The van der Waals surface area contributed by atoms with Crippen molar-refractivity contribution in [2.45, 2.75) is 36.6 Å². The summed E-state index contributed by atoms with van der Waals surface area (Å²) in [5.41, 5.74) is 3.18. The Kier molecular flexibility index (Phi) is 5.67. The van der Waals surface area contributed by atoms with Crippen molar-refractivity contribution >= 4 is 29.9 Å². The quantitative estimate of drug-likeness (QED) is 0.412. The lowest BCUT2D eigenvalue weighted by atomic mass is 9.96. The van der Waals surface area contributed by atoms with Gasteiger partial charge in [0.15, 0.2) is 5.96 Å². The van der Waals surface area contributed by atoms with Crippen LogP contribution in [0.25, 0.3) is 0 Å². The molecule has 3 nitrogen and oxygen atoms in total. The smallest absolute Gasteiger partial charge is 0.191 e. The van der Waals surface area contributed by atoms with Gasteiger partial charge in [-0.05, 0) is 30.4 Å². The van der Waals surface area contributed by atoms with E-state index in [1.165, 1.54) is 30.4 Å². The van der Waals surface area contributed by atoms with Crippen molar-refractivity contribution in [1.82, 2.24) is 10.6 Å². The Hall–Kier alpha value is -1.56. The summed E-state index contributed by atoms with van der Waals surface area (Å²) in [4.78, 5) is 4.42. The molecule has 4 heteroatoms. The number of aliphatic imine (C=N–C) groups is 1. The van der Waals surface area contributed by atoms with Crippen molar-refractivity contribution in [3.05, 3.63) is 71.8 Å². The fourth-order valence-electron chi connectivity index (χ4n) is 3.56. The highest BCUT2D eigenvalue weighted by atomic mass is 127. The maximum Gasteiger partial charge on any atom is 0.191 e. The minimum Gasteiger partial charge on any atom is -0.356 e. The van der Waals surface area contributed by atoms with Crippen molar-refractivity contribution in [2.24, 2.45) is 4.99 Å². The third-order valence-corrected chi connectivity index (χ3v) is 5.40. The molecule has 2 atom stereocenters. The van der Waals surface area contributed by atoms with Gasteiger partial charge in [0.05, 0.1) is 0 Å². The Balaban J connectivity index is 0.00000182. The van der Waals surface area contributed by atoms with Gasteiger partial charge in [-0.1, -0.05) is 60.7 Å². The zero-order chi connectivity index (χ0) is 16.4. The molecule has 2 aromatic carbocycles. The first-order valence-corrected chi connectivity index (χ1v) is 8.88. The molecule has 0 bridgehead atoms. The molecule has 2 unspecified atom stereocenters. The first-order valence-electron chi connectivity index (χ1n) is 8.88. The second-order valence-corrected chi connectivity index (χ2v) is 7.08. The third kappa shape index (κ3) is 4.17. The highest BCUT2D eigenvalue weighted by molar-refractivity contribution is 14.0. The summed E-state index contributed by atoms with van der Waals surface area (Å²) in [6, 6.07) is 22.1. The van der Waals surface area contributed by atoms with Gasteiger partial charge in [-0.3, -0.25) is 4.99 Å². The number of hydrogen-bond acceptors (Lipinski definition) is 1. The monoisotopic (exact) mass is 447 g/mol. The van der Waals surface area contributed by atoms with E-state index in [-0.39, 0.29) is 24.0 Å². The van der Waals surface area contributed by atoms with Crippen LogP contribution < -0.4 is 10.6 Å². The first-order chi connectivity index (χ1) is 11.8. The highest BCUT2D eigenvalue weighted by Crippen LogP contribution is 2.47. The van der Waals surface area contributed by atoms with E-state index in [0.29, 0.717) is 17.4 Å². The third-order valence-electron chi connectivity index (χ3n) is 5.40. The van der Waals surface area contributed by atoms with Crippen LogP contribution in [0.5, 0.6) is 0 Å². The van der Waals surface area contributed by atoms with Gasteiger partial charge in [0, 0.05) is 31.0 Å². The molecule has 25 heavy (non-hydrogen) atoms. The lowest BCUT2D eigenvalue weighted by Crippen LogP contribution is -2.42. The summed E-state index contributed by atoms with van der Waals surface area (Å²) in [6.07, 6.45) is 3.71. The number of guanidine groups is 1. The van der Waals surface area contributed by atoms with Gasteiger partial charge >= 0.3 is 0 Å². The van der Waals surface area contributed by atoms with E-state index < -0.39 is 0 Å². The molecule has 0 radical (unpaired) electrons. The fraction of sp³-hybridized carbons (Fsp3) is 0.381. The van der Waals surface area contributed by atoms with E-state index in [9.17, 15) is 0 Å². The molecule has 2 aliphatic rings. The molecule has 2 aromatic rings. The van der Waals surface area contributed by atoms with Crippen LogP contribution in [-0.2, 0) is 5.41 Å². The van der Waals surface area contributed by atoms with Crippen LogP contribution in [0.4, 0.5) is 0 Å². The Bertz CT molecular complexity index is 710. The van der Waals surface area contributed by atoms with Gasteiger partial charge in [0.25, 0.3) is 0 Å². The number of halogens is 1. The predicted octanol–water partition coefficient (Wildman–Crippen LogP) is 4.06. The number of rotatable bonds is 5. The molecule has 0 saturated heterocycles. The minimum atomic E-state index is 0. The minimum absolute atomic E-state index is 0. The molecule has 0 aliphatic heterocycles. The number of nitrogens with zero attached hydrogens (tertiary/aromatic N) is 1. The standard InChI is InChI=1S/C21H25N3.HI/c1-22-20(24-19-14-18(19)16-8-4-2-5-9-16)23-15-21(12-13-21)17-10-6-3-7-11-17;/h2-11,18-19H,12-15H2,1H3,(H2,22,23,24);1H. The molecular weight excluding hydrogens is 421 g/mol. The van der Waals surface area contributed by atoms with E-state index in [2.05, 4.69) is 76.3 Å². The zero-order valence-corrected chi connectivity index (χ0v) is 16.9. The summed E-state index contributed by atoms with van der Waals surface area (Å²) in [5.74, 6) is 1.55. The van der Waals surface area contributed by atoms with Crippen LogP contribution in [0, 0.1) is 0 Å². The van der Waals surface area contributed by atoms with E-state index in [4.69, 9.17) is 0 Å². The van der Waals surface area contributed by atoms with Gasteiger partial charge in [-0.15, -0.1) is 24.0 Å². The number of hydrogen-bond donors (Lipinski definition) is 2. The maximum atomic E-state index is 4.42. The van der Waals surface area contributed by atoms with Crippen LogP contribution in [-0.4, -0.2) is 25.6 Å². The van der Waals surface area contributed by atoms with E-state index >= 15 is 0 Å². The summed E-state index contributed by atoms with van der Waals surface area (Å²) < 4.78 is 0. The van der Waals surface area contributed by atoms with Crippen molar-refractivity contribution in [3.63, 3.8) is 0 Å². The lowest BCUT2D eigenvalue weighted by molar-refractivity contribution is 0.644. The number of nitrogens with one attached hydrogen (secondary N) is 2. The molecule has 0 heterocycles. The van der Waals surface area contributed by atoms with Crippen LogP contribution in [0.15, 0.2) is 65.7 Å². The SMILES string of the molecule is CN=C(NCC1(c2ccccc2)CC1)NC1CC1c1ccccc1.I. The molecule has 0 amide bonds. The van der Waals surface area contributed by atoms with Crippen LogP contribution in [0.2, 0.25) is 0 Å². The Morgan fingerprint density at radius 1 is 1.04 bits per heavy atom. The Labute approximate surface area is 167 Å². The fourth-order valence-corrected chi connectivity index (χ4v) is 3.56. The predicted molar refractivity (Wildman–Crippen MR) is 115 cm³/mol. The molecule has 0 aromatic heterocycles. The normalized spacial score (nSPS) is 23.3. The molecule has 2 saturated carbocycles. The van der Waals surface area contributed by atoms with Crippen molar-refractivity contribution in [2.75, 3.05) is 13.6 Å². The van der Waals surface area contributed by atoms with Crippen molar-refractivity contribution < 1.29 is 0 Å². The zero-order valence-electron chi connectivity index (χ0n) is 14.6. The maximum absolute atomic E-state index is 4.42. The topological polar surface area (TPSA) is 36.4 Å². The summed E-state index contributed by atoms with van der Waals surface area (Å²) >= 11 is 0. The summed E-state index contributed by atoms with van der Waals surface area (Å²) in [6.45, 7) is 0.958. The first kappa shape index (κ1) is 18.2.